The van der Waals surface area contributed by atoms with Crippen molar-refractivity contribution in [3.05, 3.63) is 35.7 Å². The van der Waals surface area contributed by atoms with Gasteiger partial charge in [-0.1, -0.05) is 12.2 Å². The van der Waals surface area contributed by atoms with E-state index >= 15 is 0 Å². The van der Waals surface area contributed by atoms with E-state index in [1.54, 1.807) is 0 Å². The Morgan fingerprint density at radius 1 is 1.60 bits per heavy atom. The first kappa shape index (κ1) is 10.2. The van der Waals surface area contributed by atoms with Crippen molar-refractivity contribution in [1.82, 2.24) is 4.98 Å². The molecule has 1 N–H and O–H groups in total. The zero-order chi connectivity index (χ0) is 10.8. The summed E-state index contributed by atoms with van der Waals surface area (Å²) in [6.07, 6.45) is 4.63. The van der Waals surface area contributed by atoms with Crippen LogP contribution in [-0.4, -0.2) is 23.0 Å². The van der Waals surface area contributed by atoms with Gasteiger partial charge in [-0.05, 0) is 26.0 Å². The van der Waals surface area contributed by atoms with Crippen LogP contribution in [-0.2, 0) is 4.74 Å². The molecule has 15 heavy (non-hydrogen) atoms. The van der Waals surface area contributed by atoms with E-state index in [1.165, 1.54) is 0 Å². The van der Waals surface area contributed by atoms with Crippen LogP contribution in [0.3, 0.4) is 0 Å². The first-order valence-corrected chi connectivity index (χ1v) is 5.18. The molecule has 1 aromatic heterocycles. The molecule has 2 atom stereocenters. The fourth-order valence-corrected chi connectivity index (χ4v) is 1.64. The van der Waals surface area contributed by atoms with E-state index in [9.17, 15) is 4.79 Å². The molecule has 1 fully saturated rings. The van der Waals surface area contributed by atoms with Crippen LogP contribution >= 0.6 is 0 Å². The number of H-pyrrole nitrogens is 1. The van der Waals surface area contributed by atoms with Crippen molar-refractivity contribution >= 4 is 5.78 Å². The van der Waals surface area contributed by atoms with Crippen molar-refractivity contribution in [2.75, 3.05) is 0 Å². The topological polar surface area (TPSA) is 45.4 Å². The minimum atomic E-state index is 0.0808. The number of aromatic nitrogens is 1. The third-order valence-electron chi connectivity index (χ3n) is 2.52. The van der Waals surface area contributed by atoms with Crippen molar-refractivity contribution in [3.8, 4) is 0 Å². The first-order valence-electron chi connectivity index (χ1n) is 5.18. The minimum Gasteiger partial charge on any atom is -0.365 e. The van der Waals surface area contributed by atoms with E-state index < -0.39 is 0 Å². The molecule has 80 valence electrons. The molecule has 3 nitrogen and oxygen atoms in total. The number of hydrogen-bond acceptors (Lipinski definition) is 2. The first-order chi connectivity index (χ1) is 7.20. The van der Waals surface area contributed by atoms with Crippen molar-refractivity contribution in [2.24, 2.45) is 0 Å². The molecule has 2 rings (SSSR count). The van der Waals surface area contributed by atoms with E-state index in [1.807, 2.05) is 38.1 Å². The number of Topliss-reactive ketones (excluding diaryl/α,β-unsaturated/α-hetero) is 1. The van der Waals surface area contributed by atoms with Crippen molar-refractivity contribution < 1.29 is 9.53 Å². The second kappa shape index (κ2) is 4.03. The quantitative estimate of drug-likeness (QED) is 0.465. The second-order valence-corrected chi connectivity index (χ2v) is 3.85. The zero-order valence-electron chi connectivity index (χ0n) is 8.99. The maximum absolute atomic E-state index is 11.7. The fraction of sp³-hybridized carbons (Fsp3) is 0.417. The van der Waals surface area contributed by atoms with E-state index in [0.717, 1.165) is 5.69 Å². The third-order valence-corrected chi connectivity index (χ3v) is 2.52. The normalized spacial score (nSPS) is 24.7. The summed E-state index contributed by atoms with van der Waals surface area (Å²) in [6, 6.07) is 3.73. The number of hydrogen-bond donors (Lipinski definition) is 1. The van der Waals surface area contributed by atoms with Gasteiger partial charge in [0.25, 0.3) is 0 Å². The van der Waals surface area contributed by atoms with Gasteiger partial charge < -0.3 is 9.72 Å². The molecular formula is C12H15NO2. The highest BCUT2D eigenvalue weighted by atomic mass is 16.6. The number of ether oxygens (including phenoxy) is 1. The maximum atomic E-state index is 11.7. The Hall–Kier alpha value is -1.35. The van der Waals surface area contributed by atoms with E-state index in [4.69, 9.17) is 4.74 Å². The predicted octanol–water partition coefficient (Wildman–Crippen LogP) is 2.24. The standard InChI is InChI=1S/C12H15NO2/c1-3-4-11-12(15-11)7-10(14)9-6-5-8(2)13-9/h3-6,11-13H,7H2,1-2H3/t11-,12-/m0/s1. The Morgan fingerprint density at radius 3 is 3.00 bits per heavy atom. The molecule has 0 bridgehead atoms. The second-order valence-electron chi connectivity index (χ2n) is 3.85. The van der Waals surface area contributed by atoms with Gasteiger partial charge in [-0.15, -0.1) is 0 Å². The lowest BCUT2D eigenvalue weighted by molar-refractivity contribution is 0.0968. The SMILES string of the molecule is CC=C[C@@H]1O[C@H]1CC(=O)c1ccc(C)[nH]1. The highest BCUT2D eigenvalue weighted by molar-refractivity contribution is 5.95. The molecule has 0 aromatic carbocycles. The van der Waals surface area contributed by atoms with Crippen LogP contribution in [0.2, 0.25) is 0 Å². The minimum absolute atomic E-state index is 0.0808. The number of aromatic amines is 1. The van der Waals surface area contributed by atoms with Crippen LogP contribution in [0.15, 0.2) is 24.3 Å². The molecule has 0 aliphatic carbocycles. The lowest BCUT2D eigenvalue weighted by Crippen LogP contribution is -2.05. The Balaban J connectivity index is 1.89. The molecule has 0 radical (unpaired) electrons. The van der Waals surface area contributed by atoms with E-state index in [2.05, 4.69) is 4.98 Å². The molecule has 0 unspecified atom stereocenters. The molecule has 0 spiro atoms. The smallest absolute Gasteiger partial charge is 0.181 e. The number of allylic oxidation sites excluding steroid dienone is 1. The Bertz CT molecular complexity index is 392. The van der Waals surface area contributed by atoms with E-state index in [-0.39, 0.29) is 18.0 Å². The van der Waals surface area contributed by atoms with Gasteiger partial charge in [0.15, 0.2) is 5.78 Å². The van der Waals surface area contributed by atoms with Gasteiger partial charge in [0.2, 0.25) is 0 Å². The van der Waals surface area contributed by atoms with Gasteiger partial charge in [-0.2, -0.15) is 0 Å². The van der Waals surface area contributed by atoms with Crippen LogP contribution in [0.1, 0.15) is 29.5 Å². The molecule has 3 heteroatoms. The third kappa shape index (κ3) is 2.36. The summed E-state index contributed by atoms with van der Waals surface area (Å²) in [5.41, 5.74) is 1.70. The summed E-state index contributed by atoms with van der Waals surface area (Å²) < 4.78 is 5.33. The van der Waals surface area contributed by atoms with Crippen LogP contribution in [0.25, 0.3) is 0 Å². The van der Waals surface area contributed by atoms with Crippen LogP contribution in [0.5, 0.6) is 0 Å². The lowest BCUT2D eigenvalue weighted by Gasteiger charge is -1.93. The molecule has 0 amide bonds. The van der Waals surface area contributed by atoms with Crippen molar-refractivity contribution in [3.63, 3.8) is 0 Å². The molecule has 0 saturated carbocycles. The lowest BCUT2D eigenvalue weighted by atomic mass is 10.1. The average molecular weight is 205 g/mol. The summed E-state index contributed by atoms with van der Waals surface area (Å²) in [4.78, 5) is 14.8. The Labute approximate surface area is 89.1 Å². The predicted molar refractivity (Wildman–Crippen MR) is 58.0 cm³/mol. The van der Waals surface area contributed by atoms with Crippen molar-refractivity contribution in [2.45, 2.75) is 32.5 Å². The number of aryl methyl sites for hydroxylation is 1. The summed E-state index contributed by atoms with van der Waals surface area (Å²) in [6.45, 7) is 3.89. The monoisotopic (exact) mass is 205 g/mol. The number of ketones is 1. The summed E-state index contributed by atoms with van der Waals surface area (Å²) in [5, 5.41) is 0. The van der Waals surface area contributed by atoms with E-state index in [0.29, 0.717) is 12.1 Å². The highest BCUT2D eigenvalue weighted by Crippen LogP contribution is 2.27. The summed E-state index contributed by atoms with van der Waals surface area (Å²) >= 11 is 0. The highest BCUT2D eigenvalue weighted by Gasteiger charge is 2.38. The zero-order valence-corrected chi connectivity index (χ0v) is 8.99. The number of rotatable bonds is 4. The Kier molecular flexibility index (Phi) is 2.73. The number of carbonyl (C=O) groups excluding carboxylic acids is 1. The maximum Gasteiger partial charge on any atom is 0.181 e. The summed E-state index contributed by atoms with van der Waals surface area (Å²) in [7, 11) is 0. The van der Waals surface area contributed by atoms with Gasteiger partial charge in [0, 0.05) is 12.1 Å². The molecular weight excluding hydrogens is 190 g/mol. The number of carbonyl (C=O) groups is 1. The summed E-state index contributed by atoms with van der Waals surface area (Å²) in [5.74, 6) is 0.125. The van der Waals surface area contributed by atoms with Gasteiger partial charge in [-0.25, -0.2) is 0 Å². The molecule has 1 aliphatic heterocycles. The fourth-order valence-electron chi connectivity index (χ4n) is 1.64. The molecule has 1 saturated heterocycles. The van der Waals surface area contributed by atoms with Gasteiger partial charge in [0.05, 0.1) is 11.8 Å². The molecule has 1 aromatic rings. The van der Waals surface area contributed by atoms with Crippen LogP contribution < -0.4 is 0 Å². The molecule has 1 aliphatic rings. The largest absolute Gasteiger partial charge is 0.365 e. The number of nitrogens with one attached hydrogen (secondary N) is 1. The van der Waals surface area contributed by atoms with Crippen LogP contribution in [0.4, 0.5) is 0 Å². The Morgan fingerprint density at radius 2 is 2.40 bits per heavy atom. The van der Waals surface area contributed by atoms with Gasteiger partial charge >= 0.3 is 0 Å². The van der Waals surface area contributed by atoms with Gasteiger partial charge in [-0.3, -0.25) is 4.79 Å². The average Bonchev–Trinajstić information content (AvgIpc) is 2.76. The number of epoxide rings is 1. The van der Waals surface area contributed by atoms with Gasteiger partial charge in [0.1, 0.15) is 6.10 Å². The van der Waals surface area contributed by atoms with Crippen LogP contribution in [0, 0.1) is 6.92 Å². The molecule has 2 heterocycles. The van der Waals surface area contributed by atoms with Crippen molar-refractivity contribution in [1.29, 1.82) is 0 Å².